The molecule has 2 aliphatic carbocycles. The van der Waals surface area contributed by atoms with Gasteiger partial charge in [-0.25, -0.2) is 0 Å². The molecule has 0 aromatic carbocycles. The van der Waals surface area contributed by atoms with Crippen LogP contribution in [0.2, 0.25) is 0 Å². The Balaban J connectivity index is 1.72. The van der Waals surface area contributed by atoms with Crippen LogP contribution in [0.5, 0.6) is 0 Å². The van der Waals surface area contributed by atoms with Crippen molar-refractivity contribution in [1.29, 1.82) is 0 Å². The summed E-state index contributed by atoms with van der Waals surface area (Å²) >= 11 is 0. The molecule has 0 N–H and O–H groups in total. The maximum absolute atomic E-state index is 2.46. The molecule has 0 fully saturated rings. The largest absolute Gasteiger partial charge is 0.0883 e. The fourth-order valence-corrected chi connectivity index (χ4v) is 2.46. The van der Waals surface area contributed by atoms with E-state index in [1.165, 1.54) is 51.4 Å². The molecule has 1 atom stereocenters. The highest BCUT2D eigenvalue weighted by Crippen LogP contribution is 2.27. The average molecular weight is 176 g/mol. The molecule has 0 radical (unpaired) electrons. The first-order chi connectivity index (χ1) is 6.45. The van der Waals surface area contributed by atoms with E-state index >= 15 is 0 Å². The van der Waals surface area contributed by atoms with Gasteiger partial charge in [0.15, 0.2) is 0 Å². The van der Waals surface area contributed by atoms with E-state index in [0.717, 1.165) is 5.92 Å². The van der Waals surface area contributed by atoms with Crippen LogP contribution in [-0.4, -0.2) is 0 Å². The molecule has 72 valence electrons. The maximum Gasteiger partial charge on any atom is -0.0230 e. The quantitative estimate of drug-likeness (QED) is 0.564. The molecule has 1 unspecified atom stereocenters. The molecule has 0 spiro atoms. The molecule has 0 heterocycles. The first-order valence-corrected chi connectivity index (χ1v) is 5.80. The van der Waals surface area contributed by atoms with Crippen molar-refractivity contribution in [3.8, 4) is 0 Å². The van der Waals surface area contributed by atoms with E-state index in [2.05, 4.69) is 18.2 Å². The summed E-state index contributed by atoms with van der Waals surface area (Å²) in [6, 6.07) is 0. The molecule has 0 heteroatoms. The van der Waals surface area contributed by atoms with Crippen molar-refractivity contribution < 1.29 is 0 Å². The summed E-state index contributed by atoms with van der Waals surface area (Å²) in [7, 11) is 0. The van der Waals surface area contributed by atoms with Crippen LogP contribution in [0.15, 0.2) is 23.8 Å². The van der Waals surface area contributed by atoms with Crippen LogP contribution >= 0.6 is 0 Å². The lowest BCUT2D eigenvalue weighted by atomic mass is 9.90. The Morgan fingerprint density at radius 2 is 2.23 bits per heavy atom. The number of hydrogen-bond donors (Lipinski definition) is 0. The van der Waals surface area contributed by atoms with Crippen LogP contribution in [-0.2, 0) is 0 Å². The third kappa shape index (κ3) is 2.72. The minimum Gasteiger partial charge on any atom is -0.0883 e. The Labute approximate surface area is 81.7 Å². The van der Waals surface area contributed by atoms with Crippen LogP contribution in [0, 0.1) is 5.92 Å². The van der Waals surface area contributed by atoms with Gasteiger partial charge >= 0.3 is 0 Å². The fourth-order valence-electron chi connectivity index (χ4n) is 2.46. The lowest BCUT2D eigenvalue weighted by Crippen LogP contribution is -2.00. The summed E-state index contributed by atoms with van der Waals surface area (Å²) in [4.78, 5) is 0. The van der Waals surface area contributed by atoms with Gasteiger partial charge in [0.25, 0.3) is 0 Å². The van der Waals surface area contributed by atoms with Crippen molar-refractivity contribution in [1.82, 2.24) is 0 Å². The third-order valence-corrected chi connectivity index (χ3v) is 3.33. The van der Waals surface area contributed by atoms with E-state index in [0.29, 0.717) is 0 Å². The molecule has 0 amide bonds. The number of hydrogen-bond acceptors (Lipinski definition) is 0. The van der Waals surface area contributed by atoms with Crippen molar-refractivity contribution in [2.75, 3.05) is 0 Å². The summed E-state index contributed by atoms with van der Waals surface area (Å²) in [6.45, 7) is 0. The second-order valence-electron chi connectivity index (χ2n) is 4.41. The van der Waals surface area contributed by atoms with Crippen molar-refractivity contribution in [3.05, 3.63) is 23.8 Å². The summed E-state index contributed by atoms with van der Waals surface area (Å²) in [5.41, 5.74) is 1.74. The minimum atomic E-state index is 0.898. The zero-order chi connectivity index (χ0) is 8.93. The summed E-state index contributed by atoms with van der Waals surface area (Å²) in [5.74, 6) is 0.898. The van der Waals surface area contributed by atoms with Crippen molar-refractivity contribution >= 4 is 0 Å². The smallest absolute Gasteiger partial charge is 0.0230 e. The van der Waals surface area contributed by atoms with Gasteiger partial charge in [-0.05, 0) is 57.3 Å². The highest BCUT2D eigenvalue weighted by Gasteiger charge is 2.10. The van der Waals surface area contributed by atoms with E-state index in [-0.39, 0.29) is 0 Å². The summed E-state index contributed by atoms with van der Waals surface area (Å²) in [5, 5.41) is 0. The first kappa shape index (κ1) is 9.05. The Morgan fingerprint density at radius 1 is 1.23 bits per heavy atom. The summed E-state index contributed by atoms with van der Waals surface area (Å²) in [6.07, 6.45) is 18.4. The lowest BCUT2D eigenvalue weighted by Gasteiger charge is -2.16. The molecule has 2 aliphatic rings. The molecule has 0 bridgehead atoms. The van der Waals surface area contributed by atoms with E-state index < -0.39 is 0 Å². The standard InChI is InChI=1S/C13H20/c1-2-6-12(7-3-1)10-11-13-8-4-5-9-13/h2,6,8,12H,1,3-5,7,9-11H2. The fraction of sp³-hybridized carbons (Fsp3) is 0.692. The molecular formula is C13H20. The third-order valence-electron chi connectivity index (χ3n) is 3.33. The Kier molecular flexibility index (Phi) is 3.23. The SMILES string of the molecule is C1=CC(CCC2=CCCC2)CCC1. The molecule has 0 aromatic heterocycles. The van der Waals surface area contributed by atoms with Crippen molar-refractivity contribution in [3.63, 3.8) is 0 Å². The molecule has 2 rings (SSSR count). The Bertz CT molecular complexity index is 210. The van der Waals surface area contributed by atoms with Crippen molar-refractivity contribution in [2.24, 2.45) is 5.92 Å². The molecule has 0 saturated carbocycles. The highest BCUT2D eigenvalue weighted by atomic mass is 14.2. The molecule has 0 aromatic rings. The topological polar surface area (TPSA) is 0 Å². The van der Waals surface area contributed by atoms with E-state index in [4.69, 9.17) is 0 Å². The second kappa shape index (κ2) is 4.64. The minimum absolute atomic E-state index is 0.898. The highest BCUT2D eigenvalue weighted by molar-refractivity contribution is 5.08. The predicted octanol–water partition coefficient (Wildman–Crippen LogP) is 4.23. The van der Waals surface area contributed by atoms with Gasteiger partial charge in [-0.3, -0.25) is 0 Å². The second-order valence-corrected chi connectivity index (χ2v) is 4.41. The summed E-state index contributed by atoms with van der Waals surface area (Å²) < 4.78 is 0. The van der Waals surface area contributed by atoms with E-state index in [1.54, 1.807) is 5.57 Å². The zero-order valence-corrected chi connectivity index (χ0v) is 8.47. The predicted molar refractivity (Wildman–Crippen MR) is 57.6 cm³/mol. The molecular weight excluding hydrogens is 156 g/mol. The normalized spacial score (nSPS) is 27.7. The zero-order valence-electron chi connectivity index (χ0n) is 8.47. The van der Waals surface area contributed by atoms with Gasteiger partial charge in [0.05, 0.1) is 0 Å². The van der Waals surface area contributed by atoms with Crippen LogP contribution in [0.4, 0.5) is 0 Å². The van der Waals surface area contributed by atoms with Gasteiger partial charge in [-0.15, -0.1) is 0 Å². The van der Waals surface area contributed by atoms with Gasteiger partial charge in [-0.2, -0.15) is 0 Å². The van der Waals surface area contributed by atoms with Crippen LogP contribution in [0.1, 0.15) is 51.4 Å². The number of allylic oxidation sites excluding steroid dienone is 4. The molecule has 13 heavy (non-hydrogen) atoms. The molecule has 0 nitrogen and oxygen atoms in total. The number of rotatable bonds is 3. The Morgan fingerprint density at radius 3 is 2.92 bits per heavy atom. The van der Waals surface area contributed by atoms with Gasteiger partial charge in [-0.1, -0.05) is 23.8 Å². The Hall–Kier alpha value is -0.520. The average Bonchev–Trinajstić information content (AvgIpc) is 2.69. The monoisotopic (exact) mass is 176 g/mol. The van der Waals surface area contributed by atoms with Crippen molar-refractivity contribution in [2.45, 2.75) is 51.4 Å². The van der Waals surface area contributed by atoms with Gasteiger partial charge in [0.1, 0.15) is 0 Å². The van der Waals surface area contributed by atoms with Gasteiger partial charge < -0.3 is 0 Å². The lowest BCUT2D eigenvalue weighted by molar-refractivity contribution is 0.502. The van der Waals surface area contributed by atoms with Gasteiger partial charge in [0.2, 0.25) is 0 Å². The van der Waals surface area contributed by atoms with Crippen LogP contribution < -0.4 is 0 Å². The molecule has 0 aliphatic heterocycles. The molecule has 0 saturated heterocycles. The first-order valence-electron chi connectivity index (χ1n) is 5.80. The maximum atomic E-state index is 2.46. The van der Waals surface area contributed by atoms with Crippen LogP contribution in [0.25, 0.3) is 0 Å². The van der Waals surface area contributed by atoms with E-state index in [9.17, 15) is 0 Å². The van der Waals surface area contributed by atoms with Gasteiger partial charge in [0, 0.05) is 0 Å². The van der Waals surface area contributed by atoms with E-state index in [1.807, 2.05) is 0 Å². The van der Waals surface area contributed by atoms with Crippen LogP contribution in [0.3, 0.4) is 0 Å².